The van der Waals surface area contributed by atoms with Crippen LogP contribution in [-0.2, 0) is 16.0 Å². The van der Waals surface area contributed by atoms with Gasteiger partial charge < -0.3 is 10.0 Å². The summed E-state index contributed by atoms with van der Waals surface area (Å²) in [5, 5.41) is 9.18. The van der Waals surface area contributed by atoms with Gasteiger partial charge in [0.15, 0.2) is 0 Å². The van der Waals surface area contributed by atoms with Gasteiger partial charge in [-0.25, -0.2) is 0 Å². The fraction of sp³-hybridized carbons (Fsp3) is 0.579. The molecule has 1 spiro atoms. The summed E-state index contributed by atoms with van der Waals surface area (Å²) in [5.41, 5.74) is 1.14. The quantitative estimate of drug-likeness (QED) is 0.828. The third-order valence-electron chi connectivity index (χ3n) is 5.82. The van der Waals surface area contributed by atoms with Gasteiger partial charge in [-0.05, 0) is 49.1 Å². The molecule has 0 bridgehead atoms. The van der Waals surface area contributed by atoms with Gasteiger partial charge in [-0.3, -0.25) is 9.59 Å². The maximum absolute atomic E-state index is 12.9. The molecule has 1 aromatic rings. The molecular weight excluding hydrogens is 370 g/mol. The van der Waals surface area contributed by atoms with Crippen molar-refractivity contribution < 1.29 is 14.7 Å². The molecule has 2 fully saturated rings. The lowest BCUT2D eigenvalue weighted by Crippen LogP contribution is -2.43. The number of likely N-dealkylation sites (tertiary alicyclic amines) is 1. The van der Waals surface area contributed by atoms with E-state index in [1.807, 2.05) is 23.1 Å². The van der Waals surface area contributed by atoms with E-state index in [0.717, 1.165) is 36.6 Å². The van der Waals surface area contributed by atoms with Crippen LogP contribution in [0, 0.1) is 17.3 Å². The fourth-order valence-corrected chi connectivity index (χ4v) is 4.46. The van der Waals surface area contributed by atoms with Gasteiger partial charge in [0.2, 0.25) is 5.91 Å². The molecule has 3 rings (SSSR count). The minimum Gasteiger partial charge on any atom is -0.481 e. The summed E-state index contributed by atoms with van der Waals surface area (Å²) in [6, 6.07) is 8.05. The van der Waals surface area contributed by atoms with Crippen LogP contribution >= 0.6 is 15.9 Å². The molecule has 4 nitrogen and oxygen atoms in total. The monoisotopic (exact) mass is 393 g/mol. The molecule has 2 aliphatic rings. The zero-order valence-electron chi connectivity index (χ0n) is 14.0. The van der Waals surface area contributed by atoms with Gasteiger partial charge in [-0.1, -0.05) is 41.1 Å². The van der Waals surface area contributed by atoms with Crippen LogP contribution in [0.15, 0.2) is 28.7 Å². The molecule has 0 radical (unpaired) electrons. The number of halogens is 1. The molecule has 2 atom stereocenters. The Hall–Kier alpha value is -1.36. The van der Waals surface area contributed by atoms with E-state index in [-0.39, 0.29) is 23.2 Å². The molecule has 0 aromatic heterocycles. The second-order valence-corrected chi connectivity index (χ2v) is 8.04. The Kier molecular flexibility index (Phi) is 5.00. The summed E-state index contributed by atoms with van der Waals surface area (Å²) in [6.07, 6.45) is 4.02. The molecule has 130 valence electrons. The molecule has 1 heterocycles. The van der Waals surface area contributed by atoms with Crippen LogP contribution in [0.25, 0.3) is 0 Å². The Morgan fingerprint density at radius 1 is 1.33 bits per heavy atom. The van der Waals surface area contributed by atoms with Crippen LogP contribution in [0.3, 0.4) is 0 Å². The first-order valence-corrected chi connectivity index (χ1v) is 9.51. The second-order valence-electron chi connectivity index (χ2n) is 7.18. The Morgan fingerprint density at radius 3 is 2.54 bits per heavy atom. The topological polar surface area (TPSA) is 57.6 Å². The van der Waals surface area contributed by atoms with Crippen molar-refractivity contribution in [2.24, 2.45) is 17.3 Å². The van der Waals surface area contributed by atoms with Gasteiger partial charge >= 0.3 is 5.97 Å². The van der Waals surface area contributed by atoms with E-state index in [0.29, 0.717) is 13.1 Å². The van der Waals surface area contributed by atoms with Crippen molar-refractivity contribution in [2.75, 3.05) is 13.1 Å². The zero-order chi connectivity index (χ0) is 17.3. The third kappa shape index (κ3) is 3.37. The summed E-state index contributed by atoms with van der Waals surface area (Å²) < 4.78 is 1.05. The van der Waals surface area contributed by atoms with Gasteiger partial charge in [0.25, 0.3) is 0 Å². The lowest BCUT2D eigenvalue weighted by molar-refractivity contribution is -0.140. The van der Waals surface area contributed by atoms with Crippen molar-refractivity contribution in [3.63, 3.8) is 0 Å². The molecule has 24 heavy (non-hydrogen) atoms. The van der Waals surface area contributed by atoms with Crippen LogP contribution in [0.5, 0.6) is 0 Å². The highest BCUT2D eigenvalue weighted by Crippen LogP contribution is 2.59. The van der Waals surface area contributed by atoms with Crippen LogP contribution in [-0.4, -0.2) is 35.0 Å². The van der Waals surface area contributed by atoms with E-state index in [2.05, 4.69) is 28.9 Å². The molecule has 1 N–H and O–H groups in total. The van der Waals surface area contributed by atoms with Crippen LogP contribution in [0.1, 0.15) is 38.2 Å². The van der Waals surface area contributed by atoms with Crippen molar-refractivity contribution in [2.45, 2.75) is 39.0 Å². The standard InChI is InChI=1S/C19H24BrNO3/c1-2-13(11-14-5-3-4-6-16(14)20)17(22)21-9-7-19(8-10-21)12-15(19)18(23)24/h3-6,13,15H,2,7-12H2,1H3,(H,23,24). The predicted molar refractivity (Wildman–Crippen MR) is 95.6 cm³/mol. The van der Waals surface area contributed by atoms with Crippen molar-refractivity contribution in [3.8, 4) is 0 Å². The number of carboxylic acid groups (broad SMARTS) is 1. The van der Waals surface area contributed by atoms with Gasteiger partial charge in [0.1, 0.15) is 0 Å². The van der Waals surface area contributed by atoms with Crippen molar-refractivity contribution in [1.29, 1.82) is 0 Å². The lowest BCUT2D eigenvalue weighted by atomic mass is 9.89. The van der Waals surface area contributed by atoms with Gasteiger partial charge in [0.05, 0.1) is 5.92 Å². The summed E-state index contributed by atoms with van der Waals surface area (Å²) in [6.45, 7) is 3.47. The van der Waals surface area contributed by atoms with Crippen molar-refractivity contribution in [3.05, 3.63) is 34.3 Å². The molecule has 1 saturated heterocycles. The maximum atomic E-state index is 12.9. The Labute approximate surface area is 151 Å². The minimum absolute atomic E-state index is 0.00720. The summed E-state index contributed by atoms with van der Waals surface area (Å²) in [4.78, 5) is 26.0. The van der Waals surface area contributed by atoms with E-state index < -0.39 is 5.97 Å². The third-order valence-corrected chi connectivity index (χ3v) is 6.60. The number of carbonyl (C=O) groups excluding carboxylic acids is 1. The van der Waals surface area contributed by atoms with Crippen molar-refractivity contribution >= 4 is 27.8 Å². The molecule has 1 saturated carbocycles. The predicted octanol–water partition coefficient (Wildman–Crippen LogP) is 3.73. The van der Waals surface area contributed by atoms with Crippen LogP contribution in [0.2, 0.25) is 0 Å². The van der Waals surface area contributed by atoms with Crippen molar-refractivity contribution in [1.82, 2.24) is 4.90 Å². The number of amides is 1. The smallest absolute Gasteiger partial charge is 0.307 e. The summed E-state index contributed by atoms with van der Waals surface area (Å²) in [5.74, 6) is -0.644. The number of piperidine rings is 1. The Morgan fingerprint density at radius 2 is 2.00 bits per heavy atom. The normalized spacial score (nSPS) is 23.1. The first-order valence-electron chi connectivity index (χ1n) is 8.72. The first kappa shape index (κ1) is 17.5. The van der Waals surface area contributed by atoms with Crippen LogP contribution in [0.4, 0.5) is 0 Å². The number of carboxylic acids is 1. The Bertz CT molecular complexity index is 637. The first-order chi connectivity index (χ1) is 11.5. The van der Waals surface area contributed by atoms with E-state index in [9.17, 15) is 14.7 Å². The number of carbonyl (C=O) groups is 2. The lowest BCUT2D eigenvalue weighted by Gasteiger charge is -2.34. The summed E-state index contributed by atoms with van der Waals surface area (Å²) >= 11 is 3.56. The van der Waals surface area contributed by atoms with Gasteiger partial charge in [0, 0.05) is 23.5 Å². The highest BCUT2D eigenvalue weighted by molar-refractivity contribution is 9.10. The van der Waals surface area contributed by atoms with E-state index in [1.165, 1.54) is 5.56 Å². The van der Waals surface area contributed by atoms with Gasteiger partial charge in [-0.2, -0.15) is 0 Å². The number of benzene rings is 1. The number of hydrogen-bond donors (Lipinski definition) is 1. The fourth-order valence-electron chi connectivity index (χ4n) is 4.02. The average molecular weight is 394 g/mol. The molecule has 5 heteroatoms. The number of nitrogens with zero attached hydrogens (tertiary/aromatic N) is 1. The highest BCUT2D eigenvalue weighted by Gasteiger charge is 2.59. The zero-order valence-corrected chi connectivity index (χ0v) is 15.6. The molecule has 1 aliphatic heterocycles. The average Bonchev–Trinajstić information content (AvgIpc) is 3.28. The highest BCUT2D eigenvalue weighted by atomic mass is 79.9. The maximum Gasteiger partial charge on any atom is 0.307 e. The van der Waals surface area contributed by atoms with Gasteiger partial charge in [-0.15, -0.1) is 0 Å². The Balaban J connectivity index is 1.60. The number of hydrogen-bond acceptors (Lipinski definition) is 2. The summed E-state index contributed by atoms with van der Waals surface area (Å²) in [7, 11) is 0. The second kappa shape index (κ2) is 6.87. The molecular formula is C19H24BrNO3. The van der Waals surface area contributed by atoms with E-state index in [1.54, 1.807) is 0 Å². The minimum atomic E-state index is -0.671. The SMILES string of the molecule is CCC(Cc1ccccc1Br)C(=O)N1CCC2(CC1)CC2C(=O)O. The molecule has 1 amide bonds. The molecule has 2 unspecified atom stereocenters. The van der Waals surface area contributed by atoms with E-state index in [4.69, 9.17) is 0 Å². The number of aliphatic carboxylic acids is 1. The van der Waals surface area contributed by atoms with E-state index >= 15 is 0 Å². The number of rotatable bonds is 5. The van der Waals surface area contributed by atoms with Crippen LogP contribution < -0.4 is 0 Å². The molecule has 1 aromatic carbocycles. The molecule has 1 aliphatic carbocycles. The largest absolute Gasteiger partial charge is 0.481 e.